The summed E-state index contributed by atoms with van der Waals surface area (Å²) in [6, 6.07) is 12.8. The van der Waals surface area contributed by atoms with E-state index in [1.807, 2.05) is 47.4 Å². The third-order valence-electron chi connectivity index (χ3n) is 5.01. The van der Waals surface area contributed by atoms with Crippen molar-refractivity contribution < 1.29 is 17.9 Å². The molecule has 0 aromatic heterocycles. The number of fused-ring (bicyclic) bond motifs is 1. The van der Waals surface area contributed by atoms with E-state index in [2.05, 4.69) is 0 Å². The fourth-order valence-electron chi connectivity index (χ4n) is 3.68. The van der Waals surface area contributed by atoms with Gasteiger partial charge in [0.05, 0.1) is 37.8 Å². The van der Waals surface area contributed by atoms with Crippen molar-refractivity contribution in [2.75, 3.05) is 30.6 Å². The molecule has 2 aromatic rings. The summed E-state index contributed by atoms with van der Waals surface area (Å²) < 4.78 is 35.2. The van der Waals surface area contributed by atoms with Gasteiger partial charge in [0.15, 0.2) is 26.5 Å². The lowest BCUT2D eigenvalue weighted by atomic mass is 10.1. The van der Waals surface area contributed by atoms with Crippen LogP contribution in [0.2, 0.25) is 5.02 Å². The number of halogens is 1. The van der Waals surface area contributed by atoms with Crippen LogP contribution in [-0.4, -0.2) is 51.4 Å². The first kappa shape index (κ1) is 20.4. The average Bonchev–Trinajstić information content (AvgIpc) is 3.16. The lowest BCUT2D eigenvalue weighted by Gasteiger charge is -2.27. The Balaban J connectivity index is 1.65. The highest BCUT2D eigenvalue weighted by molar-refractivity contribution is 8.13. The Morgan fingerprint density at radius 3 is 2.66 bits per heavy atom. The molecular weight excluding hydrogens is 432 g/mol. The Bertz CT molecular complexity index is 1060. The van der Waals surface area contributed by atoms with Gasteiger partial charge in [0.1, 0.15) is 0 Å². The minimum atomic E-state index is -3.10. The number of sulfone groups is 1. The Hall–Kier alpha value is -1.90. The van der Waals surface area contributed by atoms with Crippen LogP contribution >= 0.6 is 23.4 Å². The van der Waals surface area contributed by atoms with E-state index < -0.39 is 9.84 Å². The Kier molecular flexibility index (Phi) is 5.68. The SMILES string of the molecule is COc1ccc(N2C(SCc3cccc(Cl)c3)=NC3CS(=O)(=O)CC32)cc1OC. The van der Waals surface area contributed by atoms with Crippen molar-refractivity contribution in [1.82, 2.24) is 0 Å². The molecule has 0 amide bonds. The molecule has 154 valence electrons. The largest absolute Gasteiger partial charge is 0.493 e. The lowest BCUT2D eigenvalue weighted by Crippen LogP contribution is -2.39. The van der Waals surface area contributed by atoms with E-state index in [4.69, 9.17) is 26.1 Å². The molecule has 0 aliphatic carbocycles. The maximum atomic E-state index is 12.2. The molecule has 6 nitrogen and oxygen atoms in total. The molecule has 1 saturated heterocycles. The van der Waals surface area contributed by atoms with Crippen molar-refractivity contribution >= 4 is 44.1 Å². The summed E-state index contributed by atoms with van der Waals surface area (Å²) in [6.07, 6.45) is 0. The molecule has 1 fully saturated rings. The number of benzene rings is 2. The van der Waals surface area contributed by atoms with E-state index in [0.29, 0.717) is 22.3 Å². The molecule has 2 aliphatic heterocycles. The van der Waals surface area contributed by atoms with Crippen molar-refractivity contribution in [2.24, 2.45) is 4.99 Å². The Morgan fingerprint density at radius 1 is 1.14 bits per heavy atom. The molecular formula is C20H21ClN2O4S2. The molecule has 0 N–H and O–H groups in total. The van der Waals surface area contributed by atoms with E-state index in [-0.39, 0.29) is 23.6 Å². The lowest BCUT2D eigenvalue weighted by molar-refractivity contribution is 0.355. The van der Waals surface area contributed by atoms with Crippen LogP contribution in [0.15, 0.2) is 47.5 Å². The van der Waals surface area contributed by atoms with Gasteiger partial charge in [-0.1, -0.05) is 35.5 Å². The highest BCUT2D eigenvalue weighted by Crippen LogP contribution is 2.39. The van der Waals surface area contributed by atoms with Crippen molar-refractivity contribution in [1.29, 1.82) is 0 Å². The quantitative estimate of drug-likeness (QED) is 0.690. The predicted octanol–water partition coefficient (Wildman–Crippen LogP) is 3.63. The zero-order valence-electron chi connectivity index (χ0n) is 16.0. The standard InChI is InChI=1S/C20H21ClN2O4S2/c1-26-18-7-6-15(9-19(18)27-2)23-17-12-29(24,25)11-16(17)22-20(23)28-10-13-4-3-5-14(21)8-13/h3-9,16-17H,10-12H2,1-2H3. The molecule has 2 aromatic carbocycles. The molecule has 9 heteroatoms. The molecule has 0 saturated carbocycles. The number of ether oxygens (including phenoxy) is 2. The summed E-state index contributed by atoms with van der Waals surface area (Å²) in [5, 5.41) is 1.50. The summed E-state index contributed by atoms with van der Waals surface area (Å²) in [6.45, 7) is 0. The number of aliphatic imine (C=N–C) groups is 1. The van der Waals surface area contributed by atoms with Gasteiger partial charge in [-0.2, -0.15) is 0 Å². The number of hydrogen-bond acceptors (Lipinski definition) is 7. The summed E-state index contributed by atoms with van der Waals surface area (Å²) >= 11 is 7.67. The molecule has 29 heavy (non-hydrogen) atoms. The fourth-order valence-corrected chi connectivity index (χ4v) is 6.81. The van der Waals surface area contributed by atoms with Crippen LogP contribution in [0.3, 0.4) is 0 Å². The smallest absolute Gasteiger partial charge is 0.164 e. The zero-order chi connectivity index (χ0) is 20.6. The van der Waals surface area contributed by atoms with Gasteiger partial charge in [0.25, 0.3) is 0 Å². The van der Waals surface area contributed by atoms with Gasteiger partial charge >= 0.3 is 0 Å². The van der Waals surface area contributed by atoms with Gasteiger partial charge in [-0.3, -0.25) is 4.99 Å². The van der Waals surface area contributed by atoms with Crippen LogP contribution in [0.25, 0.3) is 0 Å². The molecule has 0 bridgehead atoms. The topological polar surface area (TPSA) is 68.2 Å². The first-order chi connectivity index (χ1) is 13.9. The second-order valence-electron chi connectivity index (χ2n) is 6.95. The highest BCUT2D eigenvalue weighted by atomic mass is 35.5. The maximum absolute atomic E-state index is 12.2. The molecule has 2 aliphatic rings. The van der Waals surface area contributed by atoms with Gasteiger partial charge in [-0.25, -0.2) is 8.42 Å². The molecule has 2 heterocycles. The number of nitrogens with zero attached hydrogens (tertiary/aromatic N) is 2. The number of thioether (sulfide) groups is 1. The minimum absolute atomic E-state index is 0.0860. The van der Waals surface area contributed by atoms with Crippen LogP contribution in [-0.2, 0) is 15.6 Å². The zero-order valence-corrected chi connectivity index (χ0v) is 18.4. The first-order valence-corrected chi connectivity index (χ1v) is 12.3. The molecule has 2 unspecified atom stereocenters. The van der Waals surface area contributed by atoms with Crippen molar-refractivity contribution in [2.45, 2.75) is 17.8 Å². The maximum Gasteiger partial charge on any atom is 0.164 e. The van der Waals surface area contributed by atoms with Crippen molar-refractivity contribution in [3.8, 4) is 11.5 Å². The van der Waals surface area contributed by atoms with Gasteiger partial charge < -0.3 is 14.4 Å². The molecule has 2 atom stereocenters. The van der Waals surface area contributed by atoms with Crippen LogP contribution in [0.5, 0.6) is 11.5 Å². The monoisotopic (exact) mass is 452 g/mol. The van der Waals surface area contributed by atoms with Gasteiger partial charge in [0.2, 0.25) is 0 Å². The van der Waals surface area contributed by atoms with Crippen molar-refractivity contribution in [3.05, 3.63) is 53.1 Å². The van der Waals surface area contributed by atoms with Crippen LogP contribution in [0.4, 0.5) is 5.69 Å². The third kappa shape index (κ3) is 4.20. The molecule has 4 rings (SSSR count). The van der Waals surface area contributed by atoms with Crippen LogP contribution in [0, 0.1) is 0 Å². The predicted molar refractivity (Wildman–Crippen MR) is 118 cm³/mol. The Labute approximate surface area is 179 Å². The van der Waals surface area contributed by atoms with E-state index >= 15 is 0 Å². The van der Waals surface area contributed by atoms with Gasteiger partial charge in [-0.05, 0) is 29.8 Å². The number of rotatable bonds is 5. The second-order valence-corrected chi connectivity index (χ2v) is 10.5. The van der Waals surface area contributed by atoms with E-state index in [1.165, 1.54) is 0 Å². The number of amidine groups is 1. The average molecular weight is 453 g/mol. The Morgan fingerprint density at radius 2 is 1.93 bits per heavy atom. The molecule has 0 spiro atoms. The van der Waals surface area contributed by atoms with E-state index in [9.17, 15) is 8.42 Å². The number of methoxy groups -OCH3 is 2. The minimum Gasteiger partial charge on any atom is -0.493 e. The normalized spacial score (nSPS) is 22.3. The van der Waals surface area contributed by atoms with Crippen LogP contribution in [0.1, 0.15) is 5.56 Å². The first-order valence-electron chi connectivity index (χ1n) is 9.07. The van der Waals surface area contributed by atoms with Crippen molar-refractivity contribution in [3.63, 3.8) is 0 Å². The van der Waals surface area contributed by atoms with Gasteiger partial charge in [0, 0.05) is 22.5 Å². The van der Waals surface area contributed by atoms with Gasteiger partial charge in [-0.15, -0.1) is 0 Å². The fraction of sp³-hybridized carbons (Fsp3) is 0.350. The van der Waals surface area contributed by atoms with E-state index in [1.54, 1.807) is 26.0 Å². The number of anilines is 1. The van der Waals surface area contributed by atoms with Crippen LogP contribution < -0.4 is 14.4 Å². The summed E-state index contributed by atoms with van der Waals surface area (Å²) in [5.74, 6) is 2.08. The number of hydrogen-bond donors (Lipinski definition) is 0. The highest BCUT2D eigenvalue weighted by Gasteiger charge is 2.47. The second kappa shape index (κ2) is 8.08. The summed E-state index contributed by atoms with van der Waals surface area (Å²) in [5.41, 5.74) is 1.92. The molecule has 0 radical (unpaired) electrons. The van der Waals surface area contributed by atoms with E-state index in [0.717, 1.165) is 16.4 Å². The summed E-state index contributed by atoms with van der Waals surface area (Å²) in [7, 11) is 0.0622. The third-order valence-corrected chi connectivity index (χ3v) is 7.98. The summed E-state index contributed by atoms with van der Waals surface area (Å²) in [4.78, 5) is 6.78.